The highest BCUT2D eigenvalue weighted by Gasteiger charge is 2.52. The standard InChI is InChI=1S/C18H26N8O2/c19-15(24-10-12-25(13-11-24)16-21-6-3-7-22-16)20-8-9-26-14(27)18(23-17(26)28)4-1-2-5-18/h3,6-7H,1-2,4-5,8-13H2,(H2,19,20)(H,23,28). The first-order valence-corrected chi connectivity index (χ1v) is 9.80. The summed E-state index contributed by atoms with van der Waals surface area (Å²) in [7, 11) is 0. The van der Waals surface area contributed by atoms with Crippen LogP contribution in [0.1, 0.15) is 25.7 Å². The van der Waals surface area contributed by atoms with Crippen LogP contribution in [0.15, 0.2) is 23.5 Å². The second kappa shape index (κ2) is 7.61. The highest BCUT2D eigenvalue weighted by Crippen LogP contribution is 2.34. The van der Waals surface area contributed by atoms with Crippen molar-refractivity contribution < 1.29 is 9.59 Å². The van der Waals surface area contributed by atoms with Crippen molar-refractivity contribution >= 4 is 23.8 Å². The van der Waals surface area contributed by atoms with Gasteiger partial charge >= 0.3 is 6.03 Å². The largest absolute Gasteiger partial charge is 0.370 e. The van der Waals surface area contributed by atoms with Crippen LogP contribution >= 0.6 is 0 Å². The fourth-order valence-electron chi connectivity index (χ4n) is 4.15. The number of amides is 3. The van der Waals surface area contributed by atoms with E-state index in [9.17, 15) is 9.59 Å². The predicted molar refractivity (Wildman–Crippen MR) is 104 cm³/mol. The molecule has 1 aliphatic carbocycles. The zero-order valence-corrected chi connectivity index (χ0v) is 15.9. The number of nitrogens with zero attached hydrogens (tertiary/aromatic N) is 6. The molecule has 28 heavy (non-hydrogen) atoms. The lowest BCUT2D eigenvalue weighted by atomic mass is 9.98. The zero-order chi connectivity index (χ0) is 19.6. The molecule has 3 heterocycles. The van der Waals surface area contributed by atoms with E-state index in [1.165, 1.54) is 4.90 Å². The Morgan fingerprint density at radius 1 is 1.14 bits per heavy atom. The number of aliphatic imine (C=N–C) groups is 1. The van der Waals surface area contributed by atoms with Crippen molar-refractivity contribution in [2.24, 2.45) is 10.7 Å². The van der Waals surface area contributed by atoms with E-state index in [2.05, 4.69) is 25.2 Å². The minimum Gasteiger partial charge on any atom is -0.370 e. The number of imide groups is 1. The number of nitrogens with two attached hydrogens (primary N) is 1. The summed E-state index contributed by atoms with van der Waals surface area (Å²) >= 11 is 0. The van der Waals surface area contributed by atoms with Crippen LogP contribution in [-0.2, 0) is 4.79 Å². The van der Waals surface area contributed by atoms with Crippen LogP contribution in [0.4, 0.5) is 10.7 Å². The Kier molecular flexibility index (Phi) is 5.01. The van der Waals surface area contributed by atoms with E-state index in [0.29, 0.717) is 12.5 Å². The summed E-state index contributed by atoms with van der Waals surface area (Å²) in [6.45, 7) is 3.53. The van der Waals surface area contributed by atoms with Crippen molar-refractivity contribution in [1.29, 1.82) is 0 Å². The summed E-state index contributed by atoms with van der Waals surface area (Å²) in [5.74, 6) is 1.05. The maximum atomic E-state index is 12.6. The second-order valence-corrected chi connectivity index (χ2v) is 7.44. The number of nitrogens with one attached hydrogen (secondary N) is 1. The number of guanidine groups is 1. The lowest BCUT2D eigenvalue weighted by Gasteiger charge is -2.35. The van der Waals surface area contributed by atoms with Crippen LogP contribution in [0.3, 0.4) is 0 Å². The number of hydrogen-bond acceptors (Lipinski definition) is 6. The monoisotopic (exact) mass is 386 g/mol. The van der Waals surface area contributed by atoms with Gasteiger partial charge in [-0.05, 0) is 18.9 Å². The van der Waals surface area contributed by atoms with Crippen molar-refractivity contribution in [3.8, 4) is 0 Å². The van der Waals surface area contributed by atoms with Gasteiger partial charge in [0, 0.05) is 38.6 Å². The molecule has 0 bridgehead atoms. The molecule has 2 aliphatic heterocycles. The fraction of sp³-hybridized carbons (Fsp3) is 0.611. The minimum absolute atomic E-state index is 0.111. The van der Waals surface area contributed by atoms with Gasteiger partial charge < -0.3 is 20.9 Å². The van der Waals surface area contributed by atoms with Crippen LogP contribution in [-0.4, -0.2) is 82.5 Å². The molecule has 3 amide bonds. The molecule has 0 atom stereocenters. The molecule has 150 valence electrons. The number of piperazine rings is 1. The molecule has 3 fully saturated rings. The van der Waals surface area contributed by atoms with Crippen molar-refractivity contribution in [2.75, 3.05) is 44.2 Å². The molecule has 0 unspecified atom stereocenters. The SMILES string of the molecule is NC(=NCCN1C(=O)NC2(CCCC2)C1=O)N1CCN(c2ncccn2)CC1. The average Bonchev–Trinajstić information content (AvgIpc) is 3.29. The van der Waals surface area contributed by atoms with E-state index in [4.69, 9.17) is 5.73 Å². The van der Waals surface area contributed by atoms with Gasteiger partial charge in [-0.3, -0.25) is 14.7 Å². The van der Waals surface area contributed by atoms with Crippen LogP contribution in [0, 0.1) is 0 Å². The molecule has 10 nitrogen and oxygen atoms in total. The molecule has 1 aromatic heterocycles. The van der Waals surface area contributed by atoms with Gasteiger partial charge in [0.25, 0.3) is 5.91 Å². The minimum atomic E-state index is -0.665. The topological polar surface area (TPSA) is 120 Å². The number of carbonyl (C=O) groups is 2. The number of rotatable bonds is 4. The molecule has 1 spiro atoms. The molecule has 3 aliphatic rings. The predicted octanol–water partition coefficient (Wildman–Crippen LogP) is -0.222. The number of anilines is 1. The molecule has 3 N–H and O–H groups in total. The Morgan fingerprint density at radius 2 is 1.82 bits per heavy atom. The Bertz CT molecular complexity index is 754. The Morgan fingerprint density at radius 3 is 2.50 bits per heavy atom. The van der Waals surface area contributed by atoms with Crippen LogP contribution < -0.4 is 16.0 Å². The van der Waals surface area contributed by atoms with E-state index in [-0.39, 0.29) is 18.5 Å². The van der Waals surface area contributed by atoms with Crippen molar-refractivity contribution in [3.05, 3.63) is 18.5 Å². The van der Waals surface area contributed by atoms with Crippen molar-refractivity contribution in [3.63, 3.8) is 0 Å². The fourth-order valence-corrected chi connectivity index (χ4v) is 4.15. The molecule has 1 saturated carbocycles. The first kappa shape index (κ1) is 18.5. The lowest BCUT2D eigenvalue weighted by molar-refractivity contribution is -0.131. The average molecular weight is 386 g/mol. The van der Waals surface area contributed by atoms with E-state index in [0.717, 1.165) is 57.8 Å². The normalized spacial score (nSPS) is 22.3. The van der Waals surface area contributed by atoms with Gasteiger partial charge in [0.1, 0.15) is 5.54 Å². The summed E-state index contributed by atoms with van der Waals surface area (Å²) in [5.41, 5.74) is 5.46. The Hall–Kier alpha value is -2.91. The third-order valence-electron chi connectivity index (χ3n) is 5.74. The first-order chi connectivity index (χ1) is 13.6. The molecule has 0 aromatic carbocycles. The summed E-state index contributed by atoms with van der Waals surface area (Å²) in [4.78, 5) is 43.1. The lowest BCUT2D eigenvalue weighted by Crippen LogP contribution is -2.51. The second-order valence-electron chi connectivity index (χ2n) is 7.44. The van der Waals surface area contributed by atoms with Gasteiger partial charge in [-0.1, -0.05) is 12.8 Å². The van der Waals surface area contributed by atoms with E-state index in [1.54, 1.807) is 18.5 Å². The van der Waals surface area contributed by atoms with Gasteiger partial charge in [-0.25, -0.2) is 14.8 Å². The zero-order valence-electron chi connectivity index (χ0n) is 15.9. The van der Waals surface area contributed by atoms with Gasteiger partial charge in [-0.15, -0.1) is 0 Å². The quantitative estimate of drug-likeness (QED) is 0.417. The number of carbonyl (C=O) groups excluding carboxylic acids is 2. The highest BCUT2D eigenvalue weighted by atomic mass is 16.2. The van der Waals surface area contributed by atoms with Gasteiger partial charge in [0.2, 0.25) is 5.95 Å². The highest BCUT2D eigenvalue weighted by molar-refractivity contribution is 6.07. The molecular formula is C18H26N8O2. The third kappa shape index (κ3) is 3.46. The summed E-state index contributed by atoms with van der Waals surface area (Å²) < 4.78 is 0. The van der Waals surface area contributed by atoms with E-state index < -0.39 is 5.54 Å². The summed E-state index contributed by atoms with van der Waals surface area (Å²) in [6, 6.07) is 1.49. The third-order valence-corrected chi connectivity index (χ3v) is 5.74. The maximum absolute atomic E-state index is 12.6. The first-order valence-electron chi connectivity index (χ1n) is 9.80. The Balaban J connectivity index is 1.27. The van der Waals surface area contributed by atoms with E-state index >= 15 is 0 Å². The smallest absolute Gasteiger partial charge is 0.325 e. The molecule has 4 rings (SSSR count). The molecule has 2 saturated heterocycles. The van der Waals surface area contributed by atoms with Crippen LogP contribution in [0.2, 0.25) is 0 Å². The summed E-state index contributed by atoms with van der Waals surface area (Å²) in [6.07, 6.45) is 6.88. The van der Waals surface area contributed by atoms with Crippen LogP contribution in [0.5, 0.6) is 0 Å². The van der Waals surface area contributed by atoms with Gasteiger partial charge in [-0.2, -0.15) is 0 Å². The Labute approximate surface area is 163 Å². The molecule has 1 aromatic rings. The number of hydrogen-bond donors (Lipinski definition) is 2. The molecular weight excluding hydrogens is 360 g/mol. The van der Waals surface area contributed by atoms with E-state index in [1.807, 2.05) is 4.90 Å². The summed E-state index contributed by atoms with van der Waals surface area (Å²) in [5, 5.41) is 2.88. The van der Waals surface area contributed by atoms with Gasteiger partial charge in [0.15, 0.2) is 5.96 Å². The van der Waals surface area contributed by atoms with Crippen molar-refractivity contribution in [1.82, 2.24) is 25.1 Å². The molecule has 0 radical (unpaired) electrons. The molecule has 10 heteroatoms. The number of urea groups is 1. The van der Waals surface area contributed by atoms with Gasteiger partial charge in [0.05, 0.1) is 13.1 Å². The number of aromatic nitrogens is 2. The van der Waals surface area contributed by atoms with Crippen LogP contribution in [0.25, 0.3) is 0 Å². The van der Waals surface area contributed by atoms with Crippen molar-refractivity contribution in [2.45, 2.75) is 31.2 Å². The maximum Gasteiger partial charge on any atom is 0.325 e.